The van der Waals surface area contributed by atoms with Gasteiger partial charge < -0.3 is 11.1 Å². The van der Waals surface area contributed by atoms with E-state index in [1.165, 1.54) is 25.7 Å². The summed E-state index contributed by atoms with van der Waals surface area (Å²) < 4.78 is 0. The van der Waals surface area contributed by atoms with Gasteiger partial charge in [-0.3, -0.25) is 0 Å². The molecule has 3 N–H and O–H groups in total. The van der Waals surface area contributed by atoms with Gasteiger partial charge in [0.1, 0.15) is 0 Å². The van der Waals surface area contributed by atoms with Crippen molar-refractivity contribution in [1.29, 1.82) is 0 Å². The molecule has 0 amide bonds. The third-order valence-electron chi connectivity index (χ3n) is 3.31. The van der Waals surface area contributed by atoms with Gasteiger partial charge >= 0.3 is 0 Å². The fourth-order valence-electron chi connectivity index (χ4n) is 1.63. The van der Waals surface area contributed by atoms with Crippen LogP contribution >= 0.6 is 0 Å². The zero-order valence-corrected chi connectivity index (χ0v) is 11.1. The summed E-state index contributed by atoms with van der Waals surface area (Å²) in [5, 5.41) is 3.51. The van der Waals surface area contributed by atoms with Crippen molar-refractivity contribution in [3.8, 4) is 0 Å². The third-order valence-corrected chi connectivity index (χ3v) is 3.31. The Morgan fingerprint density at radius 1 is 1.27 bits per heavy atom. The minimum Gasteiger partial charge on any atom is -0.324 e. The second kappa shape index (κ2) is 8.12. The van der Waals surface area contributed by atoms with Crippen molar-refractivity contribution in [3.63, 3.8) is 0 Å². The van der Waals surface area contributed by atoms with Gasteiger partial charge in [-0.1, -0.05) is 40.0 Å². The van der Waals surface area contributed by atoms with Crippen LogP contribution in [0.4, 0.5) is 0 Å². The van der Waals surface area contributed by atoms with Crippen molar-refractivity contribution in [2.75, 3.05) is 13.1 Å². The molecule has 0 spiro atoms. The molecule has 0 aromatic heterocycles. The first-order chi connectivity index (χ1) is 7.05. The largest absolute Gasteiger partial charge is 0.324 e. The molecule has 15 heavy (non-hydrogen) atoms. The fourth-order valence-corrected chi connectivity index (χ4v) is 1.63. The van der Waals surface area contributed by atoms with Crippen LogP contribution in [0.15, 0.2) is 0 Å². The Hall–Kier alpha value is -0.0800. The molecule has 2 atom stereocenters. The summed E-state index contributed by atoms with van der Waals surface area (Å²) in [5.74, 6) is 0.831. The van der Waals surface area contributed by atoms with Crippen molar-refractivity contribution in [1.82, 2.24) is 5.32 Å². The SMILES string of the molecule is CCCCC(CC)CNCC(C)(N)CC. The lowest BCUT2D eigenvalue weighted by Crippen LogP contribution is -2.46. The lowest BCUT2D eigenvalue weighted by atomic mass is 9.97. The Labute approximate surface area is 96.0 Å². The molecule has 0 aliphatic heterocycles. The number of nitrogens with two attached hydrogens (primary N) is 1. The molecule has 0 bridgehead atoms. The number of unbranched alkanes of at least 4 members (excludes halogenated alkanes) is 1. The van der Waals surface area contributed by atoms with Gasteiger partial charge in [-0.15, -0.1) is 0 Å². The molecule has 0 aliphatic carbocycles. The van der Waals surface area contributed by atoms with Gasteiger partial charge in [0.15, 0.2) is 0 Å². The molecule has 0 aliphatic rings. The van der Waals surface area contributed by atoms with Crippen LogP contribution in [0.1, 0.15) is 59.8 Å². The molecule has 0 radical (unpaired) electrons. The fraction of sp³-hybridized carbons (Fsp3) is 1.00. The molecule has 0 aromatic carbocycles. The van der Waals surface area contributed by atoms with Crippen molar-refractivity contribution in [2.45, 2.75) is 65.3 Å². The lowest BCUT2D eigenvalue weighted by Gasteiger charge is -2.25. The van der Waals surface area contributed by atoms with Gasteiger partial charge in [0.2, 0.25) is 0 Å². The highest BCUT2D eigenvalue weighted by Crippen LogP contribution is 2.11. The first-order valence-corrected chi connectivity index (χ1v) is 6.55. The maximum absolute atomic E-state index is 6.08. The van der Waals surface area contributed by atoms with Crippen LogP contribution in [0.5, 0.6) is 0 Å². The van der Waals surface area contributed by atoms with E-state index in [0.29, 0.717) is 0 Å². The zero-order chi connectivity index (χ0) is 11.7. The molecule has 0 saturated heterocycles. The van der Waals surface area contributed by atoms with Gasteiger partial charge in [-0.2, -0.15) is 0 Å². The van der Waals surface area contributed by atoms with Crippen LogP contribution in [0, 0.1) is 5.92 Å². The van der Waals surface area contributed by atoms with Gasteiger partial charge in [-0.25, -0.2) is 0 Å². The van der Waals surface area contributed by atoms with E-state index < -0.39 is 0 Å². The van der Waals surface area contributed by atoms with Crippen LogP contribution in [-0.2, 0) is 0 Å². The van der Waals surface area contributed by atoms with Crippen LogP contribution in [-0.4, -0.2) is 18.6 Å². The van der Waals surface area contributed by atoms with Gasteiger partial charge in [-0.05, 0) is 32.2 Å². The topological polar surface area (TPSA) is 38.0 Å². The predicted octanol–water partition coefficient (Wildman–Crippen LogP) is 2.92. The second-order valence-electron chi connectivity index (χ2n) is 5.05. The zero-order valence-electron chi connectivity index (χ0n) is 11.1. The Morgan fingerprint density at radius 3 is 2.40 bits per heavy atom. The molecule has 2 nitrogen and oxygen atoms in total. The first kappa shape index (κ1) is 14.9. The highest BCUT2D eigenvalue weighted by Gasteiger charge is 2.15. The highest BCUT2D eigenvalue weighted by atomic mass is 14.9. The van der Waals surface area contributed by atoms with Crippen LogP contribution in [0.25, 0.3) is 0 Å². The average Bonchev–Trinajstić information content (AvgIpc) is 2.23. The van der Waals surface area contributed by atoms with E-state index in [2.05, 4.69) is 33.0 Å². The van der Waals surface area contributed by atoms with Crippen LogP contribution in [0.3, 0.4) is 0 Å². The molecule has 2 heteroatoms. The Bertz CT molecular complexity index is 143. The number of rotatable bonds is 9. The molecule has 0 aromatic rings. The Morgan fingerprint density at radius 2 is 1.93 bits per heavy atom. The summed E-state index contributed by atoms with van der Waals surface area (Å²) in [7, 11) is 0. The predicted molar refractivity (Wildman–Crippen MR) is 69.1 cm³/mol. The third kappa shape index (κ3) is 7.80. The molecular weight excluding hydrogens is 184 g/mol. The van der Waals surface area contributed by atoms with Crippen molar-refractivity contribution in [2.24, 2.45) is 11.7 Å². The molecule has 92 valence electrons. The van der Waals surface area contributed by atoms with E-state index in [0.717, 1.165) is 25.4 Å². The highest BCUT2D eigenvalue weighted by molar-refractivity contribution is 4.79. The standard InChI is InChI=1S/C13H30N2/c1-5-8-9-12(6-2)10-15-11-13(4,14)7-3/h12,15H,5-11,14H2,1-4H3. The molecule has 0 saturated carbocycles. The van der Waals surface area contributed by atoms with E-state index in [4.69, 9.17) is 5.73 Å². The van der Waals surface area contributed by atoms with E-state index in [1.807, 2.05) is 0 Å². The van der Waals surface area contributed by atoms with E-state index in [9.17, 15) is 0 Å². The number of hydrogen-bond acceptors (Lipinski definition) is 2. The Balaban J connectivity index is 3.62. The summed E-state index contributed by atoms with van der Waals surface area (Å²) in [5.41, 5.74) is 6.04. The first-order valence-electron chi connectivity index (χ1n) is 6.55. The molecular formula is C13H30N2. The minimum atomic E-state index is -0.0386. The molecule has 0 fully saturated rings. The summed E-state index contributed by atoms with van der Waals surface area (Å²) in [6, 6.07) is 0. The summed E-state index contributed by atoms with van der Waals surface area (Å²) >= 11 is 0. The molecule has 0 rings (SSSR count). The molecule has 2 unspecified atom stereocenters. The van der Waals surface area contributed by atoms with E-state index in [1.54, 1.807) is 0 Å². The monoisotopic (exact) mass is 214 g/mol. The minimum absolute atomic E-state index is 0.0386. The van der Waals surface area contributed by atoms with Gasteiger partial charge in [0, 0.05) is 12.1 Å². The maximum Gasteiger partial charge on any atom is 0.0249 e. The summed E-state index contributed by atoms with van der Waals surface area (Å²) in [6.45, 7) is 10.9. The smallest absolute Gasteiger partial charge is 0.0249 e. The average molecular weight is 214 g/mol. The van der Waals surface area contributed by atoms with Crippen molar-refractivity contribution in [3.05, 3.63) is 0 Å². The van der Waals surface area contributed by atoms with E-state index >= 15 is 0 Å². The van der Waals surface area contributed by atoms with E-state index in [-0.39, 0.29) is 5.54 Å². The quantitative estimate of drug-likeness (QED) is 0.619. The number of nitrogens with one attached hydrogen (secondary N) is 1. The summed E-state index contributed by atoms with van der Waals surface area (Å²) in [4.78, 5) is 0. The molecule has 0 heterocycles. The van der Waals surface area contributed by atoms with Crippen LogP contribution < -0.4 is 11.1 Å². The van der Waals surface area contributed by atoms with Crippen molar-refractivity contribution < 1.29 is 0 Å². The van der Waals surface area contributed by atoms with Gasteiger partial charge in [0.05, 0.1) is 0 Å². The van der Waals surface area contributed by atoms with Crippen molar-refractivity contribution >= 4 is 0 Å². The number of hydrogen-bond donors (Lipinski definition) is 2. The normalized spacial score (nSPS) is 17.4. The Kier molecular flexibility index (Phi) is 8.07. The second-order valence-corrected chi connectivity index (χ2v) is 5.05. The maximum atomic E-state index is 6.08. The summed E-state index contributed by atoms with van der Waals surface area (Å²) in [6.07, 6.45) is 6.33. The van der Waals surface area contributed by atoms with Crippen LogP contribution in [0.2, 0.25) is 0 Å². The lowest BCUT2D eigenvalue weighted by molar-refractivity contribution is 0.368. The van der Waals surface area contributed by atoms with Gasteiger partial charge in [0.25, 0.3) is 0 Å².